The van der Waals surface area contributed by atoms with E-state index in [1.807, 2.05) is 6.33 Å². The zero-order chi connectivity index (χ0) is 12.4. The molecule has 3 rings (SSSR count). The summed E-state index contributed by atoms with van der Waals surface area (Å²) in [4.78, 5) is 0. The lowest BCUT2D eigenvalue weighted by atomic mass is 9.95. The van der Waals surface area contributed by atoms with E-state index >= 15 is 0 Å². The molecule has 1 unspecified atom stereocenters. The highest BCUT2D eigenvalue weighted by Gasteiger charge is 2.22. The van der Waals surface area contributed by atoms with Crippen molar-refractivity contribution in [2.45, 2.75) is 38.9 Å². The Kier molecular flexibility index (Phi) is 3.11. The van der Waals surface area contributed by atoms with Gasteiger partial charge in [-0.3, -0.25) is 0 Å². The molecule has 1 aliphatic rings. The Balaban J connectivity index is 1.85. The van der Waals surface area contributed by atoms with Gasteiger partial charge in [0.15, 0.2) is 0 Å². The van der Waals surface area contributed by atoms with Gasteiger partial charge in [0, 0.05) is 13.1 Å². The molecule has 94 valence electrons. The molecule has 0 bridgehead atoms. The largest absolute Gasteiger partial charge is 0.316 e. The van der Waals surface area contributed by atoms with Crippen LogP contribution >= 0.6 is 0 Å². The summed E-state index contributed by atoms with van der Waals surface area (Å²) in [6.45, 7) is 4.08. The highest BCUT2D eigenvalue weighted by atomic mass is 15.3. The van der Waals surface area contributed by atoms with Crippen LogP contribution in [0.4, 0.5) is 0 Å². The lowest BCUT2D eigenvalue weighted by Gasteiger charge is -2.25. The Morgan fingerprint density at radius 2 is 2.17 bits per heavy atom. The number of aromatic nitrogens is 3. The molecule has 1 aromatic heterocycles. The van der Waals surface area contributed by atoms with Crippen molar-refractivity contribution < 1.29 is 0 Å². The Labute approximate surface area is 107 Å². The van der Waals surface area contributed by atoms with Gasteiger partial charge >= 0.3 is 0 Å². The van der Waals surface area contributed by atoms with Gasteiger partial charge in [0.25, 0.3) is 0 Å². The van der Waals surface area contributed by atoms with Crippen molar-refractivity contribution in [1.29, 1.82) is 0 Å². The van der Waals surface area contributed by atoms with E-state index in [4.69, 9.17) is 0 Å². The second-order valence-corrected chi connectivity index (χ2v) is 4.79. The fourth-order valence-corrected chi connectivity index (χ4v) is 2.58. The van der Waals surface area contributed by atoms with Crippen molar-refractivity contribution in [3.8, 4) is 0 Å². The van der Waals surface area contributed by atoms with E-state index in [-0.39, 0.29) is 6.04 Å². The predicted octanol–water partition coefficient (Wildman–Crippen LogP) is 2.08. The number of hydrogen-bond acceptors (Lipinski definition) is 3. The van der Waals surface area contributed by atoms with Crippen molar-refractivity contribution in [3.05, 3.63) is 47.5 Å². The molecule has 0 fully saturated rings. The molecule has 0 aliphatic carbocycles. The molecule has 0 amide bonds. The van der Waals surface area contributed by atoms with Crippen LogP contribution < -0.4 is 5.32 Å². The summed E-state index contributed by atoms with van der Waals surface area (Å²) < 4.78 is 2.16. The number of nitrogens with one attached hydrogen (secondary N) is 1. The summed E-state index contributed by atoms with van der Waals surface area (Å²) in [5, 5.41) is 11.9. The second kappa shape index (κ2) is 4.90. The van der Waals surface area contributed by atoms with Crippen molar-refractivity contribution in [1.82, 2.24) is 20.1 Å². The molecule has 0 radical (unpaired) electrons. The maximum atomic E-state index is 4.28. The molecule has 18 heavy (non-hydrogen) atoms. The molecule has 2 aromatic rings. The zero-order valence-corrected chi connectivity index (χ0v) is 10.6. The molecule has 1 aromatic carbocycles. The Hall–Kier alpha value is -1.68. The second-order valence-electron chi connectivity index (χ2n) is 4.79. The first-order chi connectivity index (χ1) is 8.88. The van der Waals surface area contributed by atoms with Crippen LogP contribution in [0.15, 0.2) is 30.6 Å². The van der Waals surface area contributed by atoms with E-state index in [0.29, 0.717) is 0 Å². The summed E-state index contributed by atoms with van der Waals surface area (Å²) in [6.07, 6.45) is 3.94. The lowest BCUT2D eigenvalue weighted by Crippen LogP contribution is -2.30. The number of rotatable bonds is 3. The molecule has 0 saturated heterocycles. The third kappa shape index (κ3) is 2.04. The molecule has 2 heterocycles. The van der Waals surface area contributed by atoms with E-state index in [0.717, 1.165) is 31.8 Å². The average molecular weight is 242 g/mol. The topological polar surface area (TPSA) is 42.7 Å². The van der Waals surface area contributed by atoms with Gasteiger partial charge < -0.3 is 9.88 Å². The fourth-order valence-electron chi connectivity index (χ4n) is 2.58. The van der Waals surface area contributed by atoms with Crippen LogP contribution in [0.1, 0.15) is 36.3 Å². The molecular formula is C14H18N4. The first kappa shape index (κ1) is 11.4. The van der Waals surface area contributed by atoms with Gasteiger partial charge in [-0.1, -0.05) is 31.2 Å². The monoisotopic (exact) mass is 242 g/mol. The van der Waals surface area contributed by atoms with E-state index in [2.05, 4.69) is 51.3 Å². The van der Waals surface area contributed by atoms with Crippen LogP contribution in [0.3, 0.4) is 0 Å². The van der Waals surface area contributed by atoms with E-state index in [9.17, 15) is 0 Å². The van der Waals surface area contributed by atoms with Crippen LogP contribution in [-0.2, 0) is 19.5 Å². The van der Waals surface area contributed by atoms with Crippen LogP contribution in [0.2, 0.25) is 0 Å². The maximum Gasteiger partial charge on any atom is 0.150 e. The van der Waals surface area contributed by atoms with Crippen LogP contribution in [-0.4, -0.2) is 14.8 Å². The highest BCUT2D eigenvalue weighted by molar-refractivity contribution is 5.30. The van der Waals surface area contributed by atoms with Gasteiger partial charge in [-0.05, 0) is 24.0 Å². The summed E-state index contributed by atoms with van der Waals surface area (Å²) in [6, 6.07) is 8.89. The average Bonchev–Trinajstić information content (AvgIpc) is 2.87. The van der Waals surface area contributed by atoms with Crippen molar-refractivity contribution >= 4 is 0 Å². The minimum Gasteiger partial charge on any atom is -0.316 e. The Morgan fingerprint density at radius 1 is 1.33 bits per heavy atom. The van der Waals surface area contributed by atoms with Crippen LogP contribution in [0.25, 0.3) is 0 Å². The lowest BCUT2D eigenvalue weighted by molar-refractivity contribution is 0.451. The van der Waals surface area contributed by atoms with Gasteiger partial charge in [-0.2, -0.15) is 0 Å². The Morgan fingerprint density at radius 3 is 3.00 bits per heavy atom. The molecular weight excluding hydrogens is 224 g/mol. The summed E-state index contributed by atoms with van der Waals surface area (Å²) in [5.74, 6) is 1.06. The molecule has 0 saturated carbocycles. The van der Waals surface area contributed by atoms with Gasteiger partial charge in [-0.25, -0.2) is 0 Å². The highest BCUT2D eigenvalue weighted by Crippen LogP contribution is 2.24. The summed E-state index contributed by atoms with van der Waals surface area (Å²) in [5.41, 5.74) is 2.82. The van der Waals surface area contributed by atoms with Gasteiger partial charge in [-0.15, -0.1) is 10.2 Å². The minimum absolute atomic E-state index is 0.286. The van der Waals surface area contributed by atoms with Crippen molar-refractivity contribution in [3.63, 3.8) is 0 Å². The van der Waals surface area contributed by atoms with Crippen LogP contribution in [0, 0.1) is 0 Å². The first-order valence-corrected chi connectivity index (χ1v) is 6.56. The summed E-state index contributed by atoms with van der Waals surface area (Å²) in [7, 11) is 0. The predicted molar refractivity (Wildman–Crippen MR) is 70.0 cm³/mol. The zero-order valence-electron chi connectivity index (χ0n) is 10.6. The number of benzene rings is 1. The third-order valence-electron chi connectivity index (χ3n) is 3.50. The summed E-state index contributed by atoms with van der Waals surface area (Å²) >= 11 is 0. The van der Waals surface area contributed by atoms with Crippen molar-refractivity contribution in [2.75, 3.05) is 0 Å². The van der Waals surface area contributed by atoms with Gasteiger partial charge in [0.1, 0.15) is 12.2 Å². The number of nitrogens with zero attached hydrogens (tertiary/aromatic N) is 3. The first-order valence-electron chi connectivity index (χ1n) is 6.56. The third-order valence-corrected chi connectivity index (χ3v) is 3.50. The number of aryl methyl sites for hydroxylation is 1. The number of fused-ring (bicyclic) bond motifs is 1. The van der Waals surface area contributed by atoms with E-state index in [1.54, 1.807) is 0 Å². The van der Waals surface area contributed by atoms with Crippen molar-refractivity contribution in [2.24, 2.45) is 0 Å². The molecule has 4 nitrogen and oxygen atoms in total. The quantitative estimate of drug-likeness (QED) is 0.896. The van der Waals surface area contributed by atoms with Crippen LogP contribution in [0.5, 0.6) is 0 Å². The molecule has 0 spiro atoms. The maximum absolute atomic E-state index is 4.28. The smallest absolute Gasteiger partial charge is 0.150 e. The Bertz CT molecular complexity index is 532. The SMILES string of the molecule is CCCn1cnnc1C1Cc2ccccc2CN1. The normalized spacial score (nSPS) is 18.6. The minimum atomic E-state index is 0.286. The van der Waals surface area contributed by atoms with E-state index < -0.39 is 0 Å². The molecule has 1 atom stereocenters. The molecule has 1 aliphatic heterocycles. The standard InChI is InChI=1S/C14H18N4/c1-2-7-18-10-16-17-14(18)13-8-11-5-3-4-6-12(11)9-15-13/h3-6,10,13,15H,2,7-9H2,1H3. The molecule has 1 N–H and O–H groups in total. The molecule has 4 heteroatoms. The van der Waals surface area contributed by atoms with Gasteiger partial charge in [0.2, 0.25) is 0 Å². The van der Waals surface area contributed by atoms with E-state index in [1.165, 1.54) is 11.1 Å². The van der Waals surface area contributed by atoms with Gasteiger partial charge in [0.05, 0.1) is 6.04 Å². The number of hydrogen-bond donors (Lipinski definition) is 1. The fraction of sp³-hybridized carbons (Fsp3) is 0.429.